The summed E-state index contributed by atoms with van der Waals surface area (Å²) in [5, 5.41) is 37.8. The van der Waals surface area contributed by atoms with Crippen LogP contribution >= 0.6 is 31.9 Å². The van der Waals surface area contributed by atoms with Gasteiger partial charge in [0.05, 0.1) is 22.7 Å². The number of nitriles is 1. The molecular weight excluding hydrogens is 1230 g/mol. The van der Waals surface area contributed by atoms with Crippen LogP contribution < -0.4 is 0 Å². The maximum absolute atomic E-state index is 10.0. The van der Waals surface area contributed by atoms with Crippen LogP contribution in [-0.4, -0.2) is 4.57 Å². The molecule has 1 heterocycles. The molecule has 0 saturated carbocycles. The maximum Gasteiger partial charge on any atom is 0.0998 e. The molecule has 91 heavy (non-hydrogen) atoms. The normalized spacial score (nSPS) is 11.6. The highest BCUT2D eigenvalue weighted by atomic mass is 79.9. The lowest BCUT2D eigenvalue weighted by Crippen LogP contribution is -1.93. The van der Waals surface area contributed by atoms with Crippen molar-refractivity contribution in [2.24, 2.45) is 0 Å². The molecule has 18 aromatic carbocycles. The second-order valence-electron chi connectivity index (χ2n) is 23.5. The van der Waals surface area contributed by atoms with Crippen molar-refractivity contribution >= 4 is 161 Å². The SMILES string of the molecule is Brc1cc2c3ccccc3ccc2c2ccccc12.Brc1cccc(-c2cc3c4ccccc4ccc3c3ccccc23)c1.N#Cc1ccc2c3c1ccc1c(-c4cccc(-c5cc6c7ccccc7ccc6c6ccccc56)c4)ccc(c13)n2-c1ccccc1. The first-order chi connectivity index (χ1) is 44.9. The minimum atomic E-state index is 0.703. The number of para-hydroxylation sites is 1. The van der Waals surface area contributed by atoms with Crippen molar-refractivity contribution in [3.05, 3.63) is 330 Å². The fraction of sp³-hybridized carbons (Fsp3) is 0. The standard InChI is InChI=1S/C45H26N2.C24H15Br.C18H11Br/c46-27-31-18-23-42-44-35(31)20-21-39-34(22-24-43(45(39)44)47(42)32-12-2-1-3-13-32)29-10-8-11-30(25-29)40-26-41-33-14-5-4-9-28(33)17-19-38(41)36-15-6-7-16-37(36)40;25-18-8-5-7-17(14-18)23-15-24-19-9-2-1-6-16(19)12-13-22(24)20-10-3-4-11-21(20)23;19-18-11-17-13-6-2-1-5-12(13)9-10-15(17)14-7-3-4-8-16(14)18/h1-26H;1-15H;1-11H. The van der Waals surface area contributed by atoms with Gasteiger partial charge in [0.15, 0.2) is 0 Å². The number of aromatic nitrogens is 1. The van der Waals surface area contributed by atoms with Gasteiger partial charge in [-0.15, -0.1) is 0 Å². The van der Waals surface area contributed by atoms with E-state index in [1.807, 2.05) is 12.1 Å². The zero-order chi connectivity index (χ0) is 60.7. The van der Waals surface area contributed by atoms with Gasteiger partial charge >= 0.3 is 0 Å². The molecule has 2 nitrogen and oxygen atoms in total. The van der Waals surface area contributed by atoms with Gasteiger partial charge in [0.2, 0.25) is 0 Å². The van der Waals surface area contributed by atoms with Crippen molar-refractivity contribution in [1.82, 2.24) is 4.57 Å². The van der Waals surface area contributed by atoms with Crippen molar-refractivity contribution in [3.63, 3.8) is 0 Å². The fourth-order valence-corrected chi connectivity index (χ4v) is 15.5. The zero-order valence-corrected chi connectivity index (χ0v) is 52.3. The molecule has 0 saturated heterocycles. The number of rotatable bonds is 4. The number of nitrogens with zero attached hydrogens (tertiary/aromatic N) is 2. The van der Waals surface area contributed by atoms with Crippen molar-refractivity contribution < 1.29 is 0 Å². The van der Waals surface area contributed by atoms with E-state index in [1.165, 1.54) is 141 Å². The Morgan fingerprint density at radius 3 is 1.19 bits per heavy atom. The molecule has 0 fully saturated rings. The molecule has 0 N–H and O–H groups in total. The number of benzene rings is 18. The number of hydrogen-bond donors (Lipinski definition) is 0. The largest absolute Gasteiger partial charge is 0.309 e. The highest BCUT2D eigenvalue weighted by Crippen LogP contribution is 2.46. The lowest BCUT2D eigenvalue weighted by atomic mass is 9.89. The first-order valence-electron chi connectivity index (χ1n) is 30.7. The molecule has 0 unspecified atom stereocenters. The summed E-state index contributed by atoms with van der Waals surface area (Å²) >= 11 is 7.32. The molecule has 1 aromatic heterocycles. The van der Waals surface area contributed by atoms with E-state index >= 15 is 0 Å². The van der Waals surface area contributed by atoms with E-state index in [0.29, 0.717) is 5.56 Å². The first-order valence-corrected chi connectivity index (χ1v) is 32.3. The summed E-state index contributed by atoms with van der Waals surface area (Å²) < 4.78 is 4.59. The predicted octanol–water partition coefficient (Wildman–Crippen LogP) is 25.5. The van der Waals surface area contributed by atoms with Crippen molar-refractivity contribution in [3.8, 4) is 45.1 Å². The van der Waals surface area contributed by atoms with Crippen LogP contribution in [0.1, 0.15) is 5.56 Å². The third kappa shape index (κ3) is 9.11. The van der Waals surface area contributed by atoms with Crippen LogP contribution in [0.15, 0.2) is 324 Å². The fourth-order valence-electron chi connectivity index (χ4n) is 14.5. The lowest BCUT2D eigenvalue weighted by molar-refractivity contribution is 1.18. The Labute approximate surface area is 542 Å². The van der Waals surface area contributed by atoms with Crippen molar-refractivity contribution in [1.29, 1.82) is 5.26 Å². The van der Waals surface area contributed by atoms with Crippen LogP contribution in [0.2, 0.25) is 0 Å². The highest BCUT2D eigenvalue weighted by Gasteiger charge is 2.22. The average molecular weight is 1290 g/mol. The Balaban J connectivity index is 0.000000120. The number of fused-ring (bicyclic) bond motifs is 15. The Morgan fingerprint density at radius 2 is 0.648 bits per heavy atom. The summed E-state index contributed by atoms with van der Waals surface area (Å²) in [6, 6.07) is 116. The van der Waals surface area contributed by atoms with Gasteiger partial charge in [0.25, 0.3) is 0 Å². The monoisotopic (exact) mass is 1280 g/mol. The van der Waals surface area contributed by atoms with Gasteiger partial charge in [-0.1, -0.05) is 281 Å². The van der Waals surface area contributed by atoms with Crippen LogP contribution in [-0.2, 0) is 0 Å². The van der Waals surface area contributed by atoms with Gasteiger partial charge in [-0.3, -0.25) is 0 Å². The summed E-state index contributed by atoms with van der Waals surface area (Å²) in [7, 11) is 0. The van der Waals surface area contributed by atoms with E-state index in [0.717, 1.165) is 36.4 Å². The molecule has 19 aromatic rings. The second kappa shape index (κ2) is 22.3. The average Bonchev–Trinajstić information content (AvgIpc) is 1.37. The smallest absolute Gasteiger partial charge is 0.0998 e. The van der Waals surface area contributed by atoms with E-state index in [1.54, 1.807) is 0 Å². The molecule has 0 spiro atoms. The molecule has 0 aliphatic carbocycles. The van der Waals surface area contributed by atoms with Crippen molar-refractivity contribution in [2.45, 2.75) is 0 Å². The van der Waals surface area contributed by atoms with Crippen LogP contribution in [0.5, 0.6) is 0 Å². The summed E-state index contributed by atoms with van der Waals surface area (Å²) in [5.41, 5.74) is 11.4. The molecular formula is C87H52Br2N2. The quantitative estimate of drug-likeness (QED) is 0.161. The van der Waals surface area contributed by atoms with E-state index in [-0.39, 0.29) is 0 Å². The van der Waals surface area contributed by atoms with E-state index in [4.69, 9.17) is 0 Å². The third-order valence-corrected chi connectivity index (χ3v) is 19.7. The second-order valence-corrected chi connectivity index (χ2v) is 25.3. The zero-order valence-electron chi connectivity index (χ0n) is 49.2. The summed E-state index contributed by atoms with van der Waals surface area (Å²) in [5.74, 6) is 0. The summed E-state index contributed by atoms with van der Waals surface area (Å²) in [4.78, 5) is 0. The minimum absolute atomic E-state index is 0.703. The van der Waals surface area contributed by atoms with E-state index in [9.17, 15) is 5.26 Å². The van der Waals surface area contributed by atoms with Gasteiger partial charge in [-0.05, 0) is 202 Å². The Bertz CT molecular complexity index is 6190. The lowest BCUT2D eigenvalue weighted by Gasteiger charge is -2.15. The Morgan fingerprint density at radius 1 is 0.253 bits per heavy atom. The Hall–Kier alpha value is -10.9. The summed E-state index contributed by atoms with van der Waals surface area (Å²) in [6.07, 6.45) is 0. The topological polar surface area (TPSA) is 28.7 Å². The predicted molar refractivity (Wildman–Crippen MR) is 396 cm³/mol. The molecule has 0 aliphatic rings. The molecule has 424 valence electrons. The Kier molecular flexibility index (Phi) is 13.3. The summed E-state index contributed by atoms with van der Waals surface area (Å²) in [6.45, 7) is 0. The van der Waals surface area contributed by atoms with Crippen LogP contribution in [0.25, 0.3) is 169 Å². The van der Waals surface area contributed by atoms with Crippen LogP contribution in [0, 0.1) is 11.3 Å². The van der Waals surface area contributed by atoms with Crippen LogP contribution in [0.4, 0.5) is 0 Å². The van der Waals surface area contributed by atoms with Gasteiger partial charge < -0.3 is 4.57 Å². The maximum atomic E-state index is 10.0. The molecule has 19 rings (SSSR count). The molecule has 0 radical (unpaired) electrons. The van der Waals surface area contributed by atoms with Gasteiger partial charge in [-0.2, -0.15) is 5.26 Å². The van der Waals surface area contributed by atoms with Gasteiger partial charge in [0.1, 0.15) is 0 Å². The molecule has 0 atom stereocenters. The molecule has 0 bridgehead atoms. The number of halogens is 2. The van der Waals surface area contributed by atoms with E-state index in [2.05, 4.69) is 346 Å². The first kappa shape index (κ1) is 54.2. The minimum Gasteiger partial charge on any atom is -0.309 e. The highest BCUT2D eigenvalue weighted by molar-refractivity contribution is 9.11. The molecule has 4 heteroatoms. The van der Waals surface area contributed by atoms with Gasteiger partial charge in [0, 0.05) is 30.8 Å². The number of hydrogen-bond acceptors (Lipinski definition) is 1. The molecule has 0 aliphatic heterocycles. The third-order valence-electron chi connectivity index (χ3n) is 18.6. The molecule has 0 amide bonds. The van der Waals surface area contributed by atoms with Gasteiger partial charge in [-0.25, -0.2) is 0 Å². The van der Waals surface area contributed by atoms with E-state index < -0.39 is 0 Å². The van der Waals surface area contributed by atoms with Crippen LogP contribution in [0.3, 0.4) is 0 Å². The van der Waals surface area contributed by atoms with Crippen molar-refractivity contribution in [2.75, 3.05) is 0 Å².